The van der Waals surface area contributed by atoms with E-state index in [9.17, 15) is 4.79 Å². The number of carbonyl (C=O) groups is 1. The van der Waals surface area contributed by atoms with Crippen LogP contribution in [0.15, 0.2) is 53.9 Å². The molecule has 0 unspecified atom stereocenters. The van der Waals surface area contributed by atoms with Gasteiger partial charge in [0, 0.05) is 18.8 Å². The fourth-order valence-corrected chi connectivity index (χ4v) is 4.27. The Morgan fingerprint density at radius 2 is 1.97 bits per heavy atom. The summed E-state index contributed by atoms with van der Waals surface area (Å²) in [5.74, 6) is 0.0785. The summed E-state index contributed by atoms with van der Waals surface area (Å²) >= 11 is 7.78. The van der Waals surface area contributed by atoms with E-state index in [0.717, 1.165) is 24.5 Å². The zero-order chi connectivity index (χ0) is 20.9. The van der Waals surface area contributed by atoms with E-state index in [0.29, 0.717) is 29.1 Å². The van der Waals surface area contributed by atoms with Crippen LogP contribution in [0.1, 0.15) is 5.56 Å². The van der Waals surface area contributed by atoms with Crippen LogP contribution < -0.4 is 10.2 Å². The number of ether oxygens (including phenoxy) is 1. The zero-order valence-electron chi connectivity index (χ0n) is 16.5. The van der Waals surface area contributed by atoms with E-state index in [2.05, 4.69) is 20.4 Å². The highest BCUT2D eigenvalue weighted by atomic mass is 35.5. The Kier molecular flexibility index (Phi) is 6.56. The minimum atomic E-state index is -0.129. The Balaban J connectivity index is 1.44. The number of aryl methyl sites for hydroxylation is 1. The standard InChI is InChI=1S/C21H22ClN5O2S/c1-15-5-7-16(8-6-15)27-14-23-25-21(27)30-13-19(28)24-18-4-2-3-17(22)20(18)26-9-11-29-12-10-26/h2-8,14H,9-13H2,1H3,(H,24,28). The summed E-state index contributed by atoms with van der Waals surface area (Å²) in [5.41, 5.74) is 3.68. The highest BCUT2D eigenvalue weighted by Gasteiger charge is 2.19. The highest BCUT2D eigenvalue weighted by Crippen LogP contribution is 2.34. The van der Waals surface area contributed by atoms with Crippen molar-refractivity contribution >= 4 is 40.6 Å². The van der Waals surface area contributed by atoms with Gasteiger partial charge in [-0.1, -0.05) is 47.1 Å². The molecule has 9 heteroatoms. The largest absolute Gasteiger partial charge is 0.378 e. The number of nitrogens with zero attached hydrogens (tertiary/aromatic N) is 4. The normalized spacial score (nSPS) is 14.0. The molecule has 2 aromatic carbocycles. The molecule has 0 atom stereocenters. The van der Waals surface area contributed by atoms with Gasteiger partial charge in [-0.2, -0.15) is 0 Å². The second-order valence-electron chi connectivity index (χ2n) is 6.89. The number of halogens is 1. The van der Waals surface area contributed by atoms with Gasteiger partial charge in [0.05, 0.1) is 35.4 Å². The molecule has 0 aliphatic carbocycles. The van der Waals surface area contributed by atoms with Crippen LogP contribution in [0.25, 0.3) is 5.69 Å². The molecule has 30 heavy (non-hydrogen) atoms. The average Bonchev–Trinajstić information content (AvgIpc) is 3.22. The first-order chi connectivity index (χ1) is 14.6. The molecule has 1 amide bonds. The molecule has 0 spiro atoms. The number of nitrogens with one attached hydrogen (secondary N) is 1. The molecule has 156 valence electrons. The summed E-state index contributed by atoms with van der Waals surface area (Å²) in [6.07, 6.45) is 1.65. The fourth-order valence-electron chi connectivity index (χ4n) is 3.25. The molecule has 1 N–H and O–H groups in total. The highest BCUT2D eigenvalue weighted by molar-refractivity contribution is 7.99. The van der Waals surface area contributed by atoms with E-state index in [-0.39, 0.29) is 11.7 Å². The molecule has 1 saturated heterocycles. The van der Waals surface area contributed by atoms with Gasteiger partial charge in [0.1, 0.15) is 6.33 Å². The number of aromatic nitrogens is 3. The predicted octanol–water partition coefficient (Wildman–Crippen LogP) is 3.80. The Bertz CT molecular complexity index is 1020. The number of rotatable bonds is 6. The van der Waals surface area contributed by atoms with Gasteiger partial charge in [0.2, 0.25) is 5.91 Å². The molecule has 7 nitrogen and oxygen atoms in total. The van der Waals surface area contributed by atoms with Gasteiger partial charge in [-0.25, -0.2) is 0 Å². The minimum Gasteiger partial charge on any atom is -0.378 e. The van der Waals surface area contributed by atoms with Gasteiger partial charge >= 0.3 is 0 Å². The third kappa shape index (κ3) is 4.77. The van der Waals surface area contributed by atoms with Crippen LogP contribution in [-0.4, -0.2) is 52.7 Å². The number of hydrogen-bond donors (Lipinski definition) is 1. The maximum Gasteiger partial charge on any atom is 0.234 e. The maximum atomic E-state index is 12.7. The molecule has 4 rings (SSSR count). The van der Waals surface area contributed by atoms with Gasteiger partial charge in [0.15, 0.2) is 5.16 Å². The maximum absolute atomic E-state index is 12.7. The Morgan fingerprint density at radius 3 is 2.73 bits per heavy atom. The third-order valence-corrected chi connectivity index (χ3v) is 6.00. The van der Waals surface area contributed by atoms with E-state index < -0.39 is 0 Å². The second-order valence-corrected chi connectivity index (χ2v) is 8.24. The summed E-state index contributed by atoms with van der Waals surface area (Å²) in [4.78, 5) is 14.8. The van der Waals surface area contributed by atoms with E-state index >= 15 is 0 Å². The first kappa shape index (κ1) is 20.7. The topological polar surface area (TPSA) is 72.3 Å². The van der Waals surface area contributed by atoms with Crippen LogP contribution in [0.2, 0.25) is 5.02 Å². The van der Waals surface area contributed by atoms with Gasteiger partial charge in [-0.3, -0.25) is 9.36 Å². The number of thioether (sulfide) groups is 1. The molecule has 1 aliphatic rings. The number of morpholine rings is 1. The van der Waals surface area contributed by atoms with Crippen molar-refractivity contribution in [3.63, 3.8) is 0 Å². The van der Waals surface area contributed by atoms with Crippen LogP contribution in [0.5, 0.6) is 0 Å². The first-order valence-electron chi connectivity index (χ1n) is 9.63. The molecular weight excluding hydrogens is 422 g/mol. The van der Waals surface area contributed by atoms with Crippen LogP contribution in [0.4, 0.5) is 11.4 Å². The summed E-state index contributed by atoms with van der Waals surface area (Å²) < 4.78 is 7.30. The third-order valence-electron chi connectivity index (χ3n) is 4.75. The Labute approximate surface area is 184 Å². The smallest absolute Gasteiger partial charge is 0.234 e. The lowest BCUT2D eigenvalue weighted by Crippen LogP contribution is -2.37. The number of para-hydroxylation sites is 1. The van der Waals surface area contributed by atoms with Crippen molar-refractivity contribution in [1.82, 2.24) is 14.8 Å². The number of carbonyl (C=O) groups excluding carboxylic acids is 1. The van der Waals surface area contributed by atoms with Crippen LogP contribution in [0, 0.1) is 6.92 Å². The number of hydrogen-bond acceptors (Lipinski definition) is 6. The Morgan fingerprint density at radius 1 is 1.20 bits per heavy atom. The molecule has 1 fully saturated rings. The molecule has 1 aliphatic heterocycles. The van der Waals surface area contributed by atoms with E-state index in [1.165, 1.54) is 17.3 Å². The lowest BCUT2D eigenvalue weighted by atomic mass is 10.2. The van der Waals surface area contributed by atoms with Crippen LogP contribution >= 0.6 is 23.4 Å². The molecule has 0 radical (unpaired) electrons. The molecule has 1 aromatic heterocycles. The van der Waals surface area contributed by atoms with Crippen molar-refractivity contribution in [3.05, 3.63) is 59.4 Å². The molecule has 2 heterocycles. The Hall–Kier alpha value is -2.55. The SMILES string of the molecule is Cc1ccc(-n2cnnc2SCC(=O)Nc2cccc(Cl)c2N2CCOCC2)cc1. The predicted molar refractivity (Wildman–Crippen MR) is 120 cm³/mol. The zero-order valence-corrected chi connectivity index (χ0v) is 18.1. The summed E-state index contributed by atoms with van der Waals surface area (Å²) in [7, 11) is 0. The van der Waals surface area contributed by atoms with Gasteiger partial charge in [0.25, 0.3) is 0 Å². The quantitative estimate of drug-likeness (QED) is 0.584. The minimum absolute atomic E-state index is 0.129. The number of benzene rings is 2. The van der Waals surface area contributed by atoms with E-state index in [4.69, 9.17) is 16.3 Å². The monoisotopic (exact) mass is 443 g/mol. The van der Waals surface area contributed by atoms with Crippen molar-refractivity contribution < 1.29 is 9.53 Å². The van der Waals surface area contributed by atoms with Crippen molar-refractivity contribution in [3.8, 4) is 5.69 Å². The van der Waals surface area contributed by atoms with E-state index in [1.807, 2.05) is 54.0 Å². The molecule has 0 bridgehead atoms. The number of anilines is 2. The molecule has 0 saturated carbocycles. The average molecular weight is 444 g/mol. The van der Waals surface area contributed by atoms with Gasteiger partial charge in [-0.05, 0) is 31.2 Å². The lowest BCUT2D eigenvalue weighted by Gasteiger charge is -2.31. The van der Waals surface area contributed by atoms with Crippen molar-refractivity contribution in [1.29, 1.82) is 0 Å². The summed E-state index contributed by atoms with van der Waals surface area (Å²) in [6.45, 7) is 4.80. The fraction of sp³-hybridized carbons (Fsp3) is 0.286. The molecule has 3 aromatic rings. The molecular formula is C21H22ClN5O2S. The van der Waals surface area contributed by atoms with Crippen molar-refractivity contribution in [2.45, 2.75) is 12.1 Å². The van der Waals surface area contributed by atoms with Gasteiger partial charge < -0.3 is 15.0 Å². The van der Waals surface area contributed by atoms with Gasteiger partial charge in [-0.15, -0.1) is 10.2 Å². The summed E-state index contributed by atoms with van der Waals surface area (Å²) in [5, 5.41) is 12.4. The second kappa shape index (κ2) is 9.51. The van der Waals surface area contributed by atoms with E-state index in [1.54, 1.807) is 6.33 Å². The summed E-state index contributed by atoms with van der Waals surface area (Å²) in [6, 6.07) is 13.6. The van der Waals surface area contributed by atoms with Crippen molar-refractivity contribution in [2.24, 2.45) is 0 Å². The van der Waals surface area contributed by atoms with Crippen molar-refractivity contribution in [2.75, 3.05) is 42.3 Å². The lowest BCUT2D eigenvalue weighted by molar-refractivity contribution is -0.113. The van der Waals surface area contributed by atoms with Crippen LogP contribution in [0.3, 0.4) is 0 Å². The van der Waals surface area contributed by atoms with Crippen LogP contribution in [-0.2, 0) is 9.53 Å². The number of amides is 1. The first-order valence-corrected chi connectivity index (χ1v) is 11.0.